The van der Waals surface area contributed by atoms with E-state index in [2.05, 4.69) is 72.1 Å². The third kappa shape index (κ3) is 3.09. The first-order valence-electron chi connectivity index (χ1n) is 6.23. The number of hydrogen-bond donors (Lipinski definition) is 0. The SMILES string of the molecule is c1ccc(CSc2ccccc2-c2cccs2)cc1. The van der Waals surface area contributed by atoms with E-state index < -0.39 is 0 Å². The summed E-state index contributed by atoms with van der Waals surface area (Å²) in [7, 11) is 0. The molecule has 0 saturated heterocycles. The maximum atomic E-state index is 2.21. The molecule has 0 atom stereocenters. The number of benzene rings is 2. The van der Waals surface area contributed by atoms with Crippen LogP contribution in [-0.4, -0.2) is 0 Å². The molecule has 0 nitrogen and oxygen atoms in total. The average molecular weight is 282 g/mol. The van der Waals surface area contributed by atoms with Crippen LogP contribution in [0.3, 0.4) is 0 Å². The molecular formula is C17H14S2. The summed E-state index contributed by atoms with van der Waals surface area (Å²) in [6, 6.07) is 23.6. The number of thiophene rings is 1. The molecule has 1 aromatic heterocycles. The molecule has 0 saturated carbocycles. The summed E-state index contributed by atoms with van der Waals surface area (Å²) in [4.78, 5) is 2.70. The van der Waals surface area contributed by atoms with Crippen molar-refractivity contribution in [1.29, 1.82) is 0 Å². The van der Waals surface area contributed by atoms with Crippen molar-refractivity contribution in [2.75, 3.05) is 0 Å². The molecule has 0 radical (unpaired) electrons. The predicted molar refractivity (Wildman–Crippen MR) is 85.8 cm³/mol. The van der Waals surface area contributed by atoms with E-state index in [0.29, 0.717) is 0 Å². The quantitative estimate of drug-likeness (QED) is 0.552. The Kier molecular flexibility index (Phi) is 4.01. The van der Waals surface area contributed by atoms with Gasteiger partial charge in [-0.1, -0.05) is 54.6 Å². The van der Waals surface area contributed by atoms with Crippen LogP contribution in [0.5, 0.6) is 0 Å². The van der Waals surface area contributed by atoms with Crippen LogP contribution in [0, 0.1) is 0 Å². The van der Waals surface area contributed by atoms with Gasteiger partial charge < -0.3 is 0 Å². The van der Waals surface area contributed by atoms with E-state index in [-0.39, 0.29) is 0 Å². The molecule has 0 unspecified atom stereocenters. The van der Waals surface area contributed by atoms with Gasteiger partial charge in [-0.3, -0.25) is 0 Å². The standard InChI is InChI=1S/C17H14S2/c1-2-7-14(8-3-1)13-19-17-10-5-4-9-15(17)16-11-6-12-18-16/h1-12H,13H2. The molecule has 0 aliphatic rings. The van der Waals surface area contributed by atoms with Crippen LogP contribution in [0.1, 0.15) is 5.56 Å². The van der Waals surface area contributed by atoms with Crippen LogP contribution in [0.15, 0.2) is 77.0 Å². The molecule has 0 N–H and O–H groups in total. The summed E-state index contributed by atoms with van der Waals surface area (Å²) in [6.07, 6.45) is 0. The molecule has 0 bridgehead atoms. The number of rotatable bonds is 4. The maximum Gasteiger partial charge on any atom is 0.0353 e. The lowest BCUT2D eigenvalue weighted by Crippen LogP contribution is -1.82. The van der Waals surface area contributed by atoms with E-state index in [1.807, 2.05) is 11.8 Å². The van der Waals surface area contributed by atoms with Crippen molar-refractivity contribution in [2.24, 2.45) is 0 Å². The van der Waals surface area contributed by atoms with Crippen LogP contribution in [0.2, 0.25) is 0 Å². The highest BCUT2D eigenvalue weighted by Crippen LogP contribution is 2.35. The molecule has 2 aromatic carbocycles. The molecule has 3 aromatic rings. The maximum absolute atomic E-state index is 2.21. The summed E-state index contributed by atoms with van der Waals surface area (Å²) in [5, 5.41) is 2.13. The van der Waals surface area contributed by atoms with Crippen LogP contribution in [-0.2, 0) is 5.75 Å². The Bertz CT molecular complexity index is 627. The van der Waals surface area contributed by atoms with Crippen LogP contribution in [0.25, 0.3) is 10.4 Å². The molecule has 19 heavy (non-hydrogen) atoms. The first-order valence-corrected chi connectivity index (χ1v) is 8.09. The van der Waals surface area contributed by atoms with Gasteiger partial charge in [0.1, 0.15) is 0 Å². The van der Waals surface area contributed by atoms with Crippen LogP contribution >= 0.6 is 23.1 Å². The first-order chi connectivity index (χ1) is 9.43. The Morgan fingerprint density at radius 3 is 2.37 bits per heavy atom. The van der Waals surface area contributed by atoms with Crippen molar-refractivity contribution in [3.8, 4) is 10.4 Å². The normalized spacial score (nSPS) is 10.5. The van der Waals surface area contributed by atoms with Gasteiger partial charge in [0.25, 0.3) is 0 Å². The number of thioether (sulfide) groups is 1. The van der Waals surface area contributed by atoms with Gasteiger partial charge in [0.2, 0.25) is 0 Å². The summed E-state index contributed by atoms with van der Waals surface area (Å²) in [5.41, 5.74) is 2.71. The molecule has 0 amide bonds. The highest BCUT2D eigenvalue weighted by Gasteiger charge is 2.05. The van der Waals surface area contributed by atoms with Crippen molar-refractivity contribution in [2.45, 2.75) is 10.6 Å². The summed E-state index contributed by atoms with van der Waals surface area (Å²) >= 11 is 3.70. The second-order valence-electron chi connectivity index (χ2n) is 4.25. The van der Waals surface area contributed by atoms with Crippen molar-refractivity contribution >= 4 is 23.1 Å². The summed E-state index contributed by atoms with van der Waals surface area (Å²) < 4.78 is 0. The van der Waals surface area contributed by atoms with E-state index in [4.69, 9.17) is 0 Å². The second-order valence-corrected chi connectivity index (χ2v) is 6.21. The topological polar surface area (TPSA) is 0 Å². The first kappa shape index (κ1) is 12.5. The third-order valence-electron chi connectivity index (χ3n) is 2.91. The van der Waals surface area contributed by atoms with E-state index >= 15 is 0 Å². The molecule has 0 spiro atoms. The van der Waals surface area contributed by atoms with Crippen molar-refractivity contribution in [1.82, 2.24) is 0 Å². The molecular weight excluding hydrogens is 268 g/mol. The molecule has 0 aliphatic heterocycles. The average Bonchev–Trinajstić information content (AvgIpc) is 3.01. The molecule has 3 rings (SSSR count). The molecule has 2 heteroatoms. The van der Waals surface area contributed by atoms with Gasteiger partial charge in [-0.05, 0) is 23.1 Å². The van der Waals surface area contributed by atoms with E-state index in [1.165, 1.54) is 20.9 Å². The Hall–Kier alpha value is -1.51. The van der Waals surface area contributed by atoms with E-state index in [1.54, 1.807) is 11.3 Å². The summed E-state index contributed by atoms with van der Waals surface area (Å²) in [6.45, 7) is 0. The van der Waals surface area contributed by atoms with Gasteiger partial charge in [-0.25, -0.2) is 0 Å². The lowest BCUT2D eigenvalue weighted by molar-refractivity contribution is 1.38. The highest BCUT2D eigenvalue weighted by molar-refractivity contribution is 7.98. The fourth-order valence-corrected chi connectivity index (χ4v) is 3.82. The van der Waals surface area contributed by atoms with Gasteiger partial charge in [0.15, 0.2) is 0 Å². The molecule has 0 fully saturated rings. The predicted octanol–water partition coefficient (Wildman–Crippen LogP) is 5.71. The zero-order valence-corrected chi connectivity index (χ0v) is 12.1. The minimum absolute atomic E-state index is 1.02. The van der Waals surface area contributed by atoms with Gasteiger partial charge in [-0.2, -0.15) is 0 Å². The van der Waals surface area contributed by atoms with Gasteiger partial charge in [0, 0.05) is 21.1 Å². The molecule has 0 aliphatic carbocycles. The van der Waals surface area contributed by atoms with Crippen LogP contribution in [0.4, 0.5) is 0 Å². The minimum atomic E-state index is 1.02. The Morgan fingerprint density at radius 2 is 1.58 bits per heavy atom. The largest absolute Gasteiger partial charge is 0.144 e. The van der Waals surface area contributed by atoms with Crippen molar-refractivity contribution in [3.63, 3.8) is 0 Å². The minimum Gasteiger partial charge on any atom is -0.144 e. The zero-order valence-electron chi connectivity index (χ0n) is 10.5. The fraction of sp³-hybridized carbons (Fsp3) is 0.0588. The molecule has 1 heterocycles. The Morgan fingerprint density at radius 1 is 0.789 bits per heavy atom. The lowest BCUT2D eigenvalue weighted by atomic mass is 10.2. The highest BCUT2D eigenvalue weighted by atomic mass is 32.2. The third-order valence-corrected chi connectivity index (χ3v) is 4.96. The fourth-order valence-electron chi connectivity index (χ4n) is 1.96. The number of hydrogen-bond acceptors (Lipinski definition) is 2. The van der Waals surface area contributed by atoms with E-state index in [9.17, 15) is 0 Å². The Labute approximate surface area is 122 Å². The van der Waals surface area contributed by atoms with Gasteiger partial charge >= 0.3 is 0 Å². The zero-order chi connectivity index (χ0) is 12.9. The summed E-state index contributed by atoms with van der Waals surface area (Å²) in [5.74, 6) is 1.02. The smallest absolute Gasteiger partial charge is 0.0353 e. The van der Waals surface area contributed by atoms with Gasteiger partial charge in [-0.15, -0.1) is 23.1 Å². The lowest BCUT2D eigenvalue weighted by Gasteiger charge is -2.07. The molecule has 94 valence electrons. The van der Waals surface area contributed by atoms with Crippen molar-refractivity contribution < 1.29 is 0 Å². The van der Waals surface area contributed by atoms with Gasteiger partial charge in [0.05, 0.1) is 0 Å². The monoisotopic (exact) mass is 282 g/mol. The second kappa shape index (κ2) is 6.09. The Balaban J connectivity index is 1.82. The van der Waals surface area contributed by atoms with E-state index in [0.717, 1.165) is 5.75 Å². The van der Waals surface area contributed by atoms with Crippen LogP contribution < -0.4 is 0 Å². The van der Waals surface area contributed by atoms with Crippen molar-refractivity contribution in [3.05, 3.63) is 77.7 Å².